The van der Waals surface area contributed by atoms with Gasteiger partial charge in [-0.2, -0.15) is 11.8 Å². The van der Waals surface area contributed by atoms with Crippen LogP contribution < -0.4 is 24.2 Å². The fourth-order valence-corrected chi connectivity index (χ4v) is 5.00. The molecule has 4 rings (SSSR count). The number of aliphatic carboxylic acids is 1. The molecule has 41 heavy (non-hydrogen) atoms. The Labute approximate surface area is 259 Å². The second-order valence-electron chi connectivity index (χ2n) is 8.90. The predicted molar refractivity (Wildman–Crippen MR) is 153 cm³/mol. The molecule has 0 aliphatic carbocycles. The number of carboxylic acids is 1. The van der Waals surface area contributed by atoms with Gasteiger partial charge in [0.05, 0.1) is 5.02 Å². The largest absolute Gasteiger partial charge is 1.00 e. The molecule has 2 unspecified atom stereocenters. The van der Waals surface area contributed by atoms with E-state index in [1.165, 1.54) is 43.1 Å². The molecule has 6 nitrogen and oxygen atoms in total. The normalized spacial score (nSPS) is 12.3. The van der Waals surface area contributed by atoms with Gasteiger partial charge in [0, 0.05) is 23.8 Å². The summed E-state index contributed by atoms with van der Waals surface area (Å²) in [4.78, 5) is 25.1. The number of amides is 1. The van der Waals surface area contributed by atoms with Crippen LogP contribution in [0, 0.1) is 11.6 Å². The molecular weight excluding hydrogens is 567 g/mol. The molecule has 1 amide bonds. The monoisotopic (exact) mass is 593 g/mol. The molecule has 3 aromatic carbocycles. The number of nitrogens with one attached hydrogen (secondary N) is 1. The SMILES string of the molecule is COC(c1ccc(C(=O)NC(CCSC)C(=O)O)c(-c2ccc(F)cc2Cl)c1)c1ccc(-c2ccc(F)cc2)o1.[H-].[Li+]. The number of rotatable bonds is 11. The van der Waals surface area contributed by atoms with Crippen LogP contribution >= 0.6 is 23.4 Å². The first-order chi connectivity index (χ1) is 19.2. The van der Waals surface area contributed by atoms with Crippen LogP contribution in [0.1, 0.15) is 35.6 Å². The summed E-state index contributed by atoms with van der Waals surface area (Å²) in [5.41, 5.74) is 2.19. The number of thioether (sulfide) groups is 1. The van der Waals surface area contributed by atoms with Gasteiger partial charge in [0.2, 0.25) is 0 Å². The van der Waals surface area contributed by atoms with E-state index in [9.17, 15) is 23.5 Å². The minimum Gasteiger partial charge on any atom is -1.00 e. The molecule has 0 spiro atoms. The smallest absolute Gasteiger partial charge is 1.00 e. The van der Waals surface area contributed by atoms with Gasteiger partial charge in [0.15, 0.2) is 0 Å². The predicted octanol–water partition coefficient (Wildman–Crippen LogP) is 4.33. The van der Waals surface area contributed by atoms with E-state index in [2.05, 4.69) is 5.32 Å². The average Bonchev–Trinajstić information content (AvgIpc) is 3.41. The zero-order valence-electron chi connectivity index (χ0n) is 23.6. The van der Waals surface area contributed by atoms with E-state index in [0.29, 0.717) is 39.5 Å². The summed E-state index contributed by atoms with van der Waals surface area (Å²) in [5, 5.41) is 12.3. The molecule has 2 atom stereocenters. The molecular formula is C30H27ClF2LiNO5S. The quantitative estimate of drug-likeness (QED) is 0.252. The van der Waals surface area contributed by atoms with Crippen molar-refractivity contribution in [3.8, 4) is 22.5 Å². The topological polar surface area (TPSA) is 88.8 Å². The standard InChI is InChI=1S/C30H26ClF2NO5S.Li.H/c1-38-28(27-12-11-26(39-27)17-3-6-19(32)7-4-17)18-5-9-22(29(35)34-25(30(36)37)13-14-40-2)23(15-18)21-10-8-20(33)16-24(21)31;;/h3-12,15-16,25,28H,13-14H2,1-2H3,(H,34,35)(H,36,37);;/q;+1;-1. The van der Waals surface area contributed by atoms with Crippen molar-refractivity contribution >= 4 is 35.2 Å². The Morgan fingerprint density at radius 3 is 2.37 bits per heavy atom. The molecule has 1 heterocycles. The van der Waals surface area contributed by atoms with E-state index in [4.69, 9.17) is 20.8 Å². The Morgan fingerprint density at radius 1 is 1.02 bits per heavy atom. The number of hydrogen-bond acceptors (Lipinski definition) is 5. The van der Waals surface area contributed by atoms with Gasteiger partial charge < -0.3 is 21.0 Å². The van der Waals surface area contributed by atoms with E-state index in [-0.39, 0.29) is 43.1 Å². The molecule has 0 fully saturated rings. The summed E-state index contributed by atoms with van der Waals surface area (Å²) in [7, 11) is 1.50. The molecule has 0 radical (unpaired) electrons. The van der Waals surface area contributed by atoms with E-state index in [1.54, 1.807) is 42.5 Å². The summed E-state index contributed by atoms with van der Waals surface area (Å²) in [6, 6.07) is 17.0. The summed E-state index contributed by atoms with van der Waals surface area (Å²) in [5.74, 6) is -1.14. The van der Waals surface area contributed by atoms with E-state index < -0.39 is 29.8 Å². The van der Waals surface area contributed by atoms with Gasteiger partial charge in [0.1, 0.15) is 35.3 Å². The molecule has 210 valence electrons. The van der Waals surface area contributed by atoms with Crippen LogP contribution in [0.25, 0.3) is 22.5 Å². The first-order valence-electron chi connectivity index (χ1n) is 12.2. The summed E-state index contributed by atoms with van der Waals surface area (Å²) in [6.07, 6.45) is 1.40. The number of hydrogen-bond donors (Lipinski definition) is 2. The molecule has 0 aliphatic heterocycles. The Bertz CT molecular complexity index is 1520. The van der Waals surface area contributed by atoms with Gasteiger partial charge >= 0.3 is 24.8 Å². The van der Waals surface area contributed by atoms with Crippen molar-refractivity contribution in [2.75, 3.05) is 19.1 Å². The van der Waals surface area contributed by atoms with E-state index >= 15 is 0 Å². The van der Waals surface area contributed by atoms with Gasteiger partial charge in [-0.05, 0) is 96.3 Å². The maximum absolute atomic E-state index is 13.9. The molecule has 0 bridgehead atoms. The van der Waals surface area contributed by atoms with E-state index in [1.807, 2.05) is 6.26 Å². The Balaban J connectivity index is 0.00000308. The second-order valence-corrected chi connectivity index (χ2v) is 10.3. The van der Waals surface area contributed by atoms with Crippen molar-refractivity contribution < 1.29 is 52.9 Å². The molecule has 1 aromatic heterocycles. The fourth-order valence-electron chi connectivity index (χ4n) is 4.26. The van der Waals surface area contributed by atoms with Crippen molar-refractivity contribution in [3.05, 3.63) is 106 Å². The third-order valence-corrected chi connectivity index (χ3v) is 7.23. The van der Waals surface area contributed by atoms with Gasteiger partial charge in [0.25, 0.3) is 5.91 Å². The molecule has 0 saturated heterocycles. The van der Waals surface area contributed by atoms with Crippen molar-refractivity contribution in [1.82, 2.24) is 5.32 Å². The number of methoxy groups -OCH3 is 1. The van der Waals surface area contributed by atoms with Crippen LogP contribution in [0.4, 0.5) is 8.78 Å². The fraction of sp³-hybridized carbons (Fsp3) is 0.200. The number of halogens is 3. The number of ether oxygens (including phenoxy) is 1. The maximum atomic E-state index is 13.9. The van der Waals surface area contributed by atoms with Gasteiger partial charge in [-0.15, -0.1) is 0 Å². The van der Waals surface area contributed by atoms with Crippen molar-refractivity contribution in [2.45, 2.75) is 18.6 Å². The maximum Gasteiger partial charge on any atom is 1.00 e. The van der Waals surface area contributed by atoms with Crippen LogP contribution in [-0.4, -0.2) is 42.1 Å². The van der Waals surface area contributed by atoms with E-state index in [0.717, 1.165) is 6.07 Å². The Morgan fingerprint density at radius 2 is 1.73 bits per heavy atom. The number of carbonyl (C=O) groups is 2. The summed E-state index contributed by atoms with van der Waals surface area (Å²) in [6.45, 7) is 0. The van der Waals surface area contributed by atoms with Gasteiger partial charge in [-0.25, -0.2) is 13.6 Å². The van der Waals surface area contributed by atoms with Crippen LogP contribution in [0.15, 0.2) is 77.2 Å². The third-order valence-electron chi connectivity index (χ3n) is 6.28. The number of carboxylic acid groups (broad SMARTS) is 1. The first-order valence-corrected chi connectivity index (χ1v) is 14.0. The van der Waals surface area contributed by atoms with Crippen molar-refractivity contribution in [2.24, 2.45) is 0 Å². The Hall–Kier alpha value is -3.06. The number of benzene rings is 3. The number of carbonyl (C=O) groups excluding carboxylic acids is 1. The minimum atomic E-state index is -1.14. The first kappa shape index (κ1) is 32.5. The van der Waals surface area contributed by atoms with Gasteiger partial charge in [-0.1, -0.05) is 17.7 Å². The van der Waals surface area contributed by atoms with Gasteiger partial charge in [-0.3, -0.25) is 4.79 Å². The Kier molecular flexibility index (Phi) is 11.6. The van der Waals surface area contributed by atoms with Crippen LogP contribution in [-0.2, 0) is 9.53 Å². The van der Waals surface area contributed by atoms with Crippen LogP contribution in [0.2, 0.25) is 5.02 Å². The zero-order chi connectivity index (χ0) is 28.8. The molecule has 2 N–H and O–H groups in total. The minimum absolute atomic E-state index is 0. The zero-order valence-corrected chi connectivity index (χ0v) is 24.2. The molecule has 0 saturated carbocycles. The second kappa shape index (κ2) is 14.7. The summed E-state index contributed by atoms with van der Waals surface area (Å²) >= 11 is 7.86. The van der Waals surface area contributed by atoms with Crippen LogP contribution in [0.5, 0.6) is 0 Å². The average molecular weight is 594 g/mol. The van der Waals surface area contributed by atoms with Crippen molar-refractivity contribution in [1.29, 1.82) is 0 Å². The number of furan rings is 1. The third kappa shape index (κ3) is 7.82. The molecule has 11 heteroatoms. The molecule has 0 aliphatic rings. The van der Waals surface area contributed by atoms with Crippen molar-refractivity contribution in [3.63, 3.8) is 0 Å². The van der Waals surface area contributed by atoms with Crippen LogP contribution in [0.3, 0.4) is 0 Å². The molecule has 4 aromatic rings. The summed E-state index contributed by atoms with van der Waals surface area (Å²) < 4.78 is 39.0.